The molecule has 0 saturated heterocycles. The Hall–Kier alpha value is -3.42. The lowest BCUT2D eigenvalue weighted by Gasteiger charge is -2.28. The molecular formula is C20H37N7O7. The number of carbonyl (C=O) groups excluding carboxylic acids is 3. The van der Waals surface area contributed by atoms with Crippen molar-refractivity contribution in [3.8, 4) is 0 Å². The first-order valence-electron chi connectivity index (χ1n) is 10.8. The highest BCUT2D eigenvalue weighted by Crippen LogP contribution is 2.08. The number of carboxylic acids is 2. The summed E-state index contributed by atoms with van der Waals surface area (Å²) < 4.78 is 0. The lowest BCUT2D eigenvalue weighted by atomic mass is 9.98. The summed E-state index contributed by atoms with van der Waals surface area (Å²) in [6, 6.07) is -4.78. The maximum atomic E-state index is 12.9. The molecule has 0 aliphatic rings. The lowest BCUT2D eigenvalue weighted by molar-refractivity contribution is -0.147. The van der Waals surface area contributed by atoms with Crippen LogP contribution >= 0.6 is 0 Å². The Kier molecular flexibility index (Phi) is 13.2. The fourth-order valence-corrected chi connectivity index (χ4v) is 2.86. The van der Waals surface area contributed by atoms with Crippen LogP contribution in [0.25, 0.3) is 0 Å². The molecule has 0 spiro atoms. The van der Waals surface area contributed by atoms with Gasteiger partial charge in [0.1, 0.15) is 18.1 Å². The third-order valence-electron chi connectivity index (χ3n) is 4.79. The Balaban J connectivity index is 5.25. The highest BCUT2D eigenvalue weighted by atomic mass is 16.4. The third-order valence-corrected chi connectivity index (χ3v) is 4.79. The van der Waals surface area contributed by atoms with E-state index in [1.165, 1.54) is 0 Å². The van der Waals surface area contributed by atoms with Crippen LogP contribution < -0.4 is 33.2 Å². The number of nitrogens with zero attached hydrogens (tertiary/aromatic N) is 1. The Morgan fingerprint density at radius 1 is 0.824 bits per heavy atom. The number of hydrogen-bond acceptors (Lipinski definition) is 7. The van der Waals surface area contributed by atoms with Crippen molar-refractivity contribution in [2.75, 3.05) is 6.54 Å². The van der Waals surface area contributed by atoms with Gasteiger partial charge in [0, 0.05) is 6.54 Å². The van der Waals surface area contributed by atoms with E-state index in [0.29, 0.717) is 13.0 Å². The molecule has 11 N–H and O–H groups in total. The molecule has 0 aliphatic carbocycles. The van der Waals surface area contributed by atoms with Gasteiger partial charge in [-0.05, 0) is 24.7 Å². The Bertz CT molecular complexity index is 766. The van der Waals surface area contributed by atoms with Crippen molar-refractivity contribution >= 4 is 35.6 Å². The summed E-state index contributed by atoms with van der Waals surface area (Å²) in [5.74, 6) is -5.94. The van der Waals surface area contributed by atoms with Crippen LogP contribution in [0.2, 0.25) is 0 Å². The number of carbonyl (C=O) groups is 5. The quantitative estimate of drug-likeness (QED) is 0.0695. The third kappa shape index (κ3) is 11.4. The topological polar surface area (TPSA) is 252 Å². The van der Waals surface area contributed by atoms with Gasteiger partial charge in [-0.15, -0.1) is 0 Å². The highest BCUT2D eigenvalue weighted by molar-refractivity contribution is 5.94. The van der Waals surface area contributed by atoms with Crippen LogP contribution in [0.4, 0.5) is 0 Å². The Labute approximate surface area is 198 Å². The van der Waals surface area contributed by atoms with Crippen molar-refractivity contribution in [2.45, 2.75) is 71.1 Å². The summed E-state index contributed by atoms with van der Waals surface area (Å²) in [7, 11) is 0. The fourth-order valence-electron chi connectivity index (χ4n) is 2.86. The van der Waals surface area contributed by atoms with Crippen molar-refractivity contribution in [3.63, 3.8) is 0 Å². The molecule has 0 aromatic carbocycles. The molecule has 3 amide bonds. The minimum atomic E-state index is -1.67. The van der Waals surface area contributed by atoms with Gasteiger partial charge < -0.3 is 43.4 Å². The van der Waals surface area contributed by atoms with E-state index in [0.717, 1.165) is 0 Å². The molecule has 4 unspecified atom stereocenters. The van der Waals surface area contributed by atoms with Gasteiger partial charge in [0.05, 0.1) is 12.5 Å². The van der Waals surface area contributed by atoms with Crippen LogP contribution in [-0.2, 0) is 24.0 Å². The number of nitrogens with one attached hydrogen (secondary N) is 3. The predicted molar refractivity (Wildman–Crippen MR) is 123 cm³/mol. The zero-order chi connectivity index (χ0) is 26.6. The van der Waals surface area contributed by atoms with E-state index in [1.54, 1.807) is 27.7 Å². The maximum absolute atomic E-state index is 12.9. The maximum Gasteiger partial charge on any atom is 0.326 e. The molecule has 0 radical (unpaired) electrons. The van der Waals surface area contributed by atoms with Crippen LogP contribution in [0.15, 0.2) is 4.99 Å². The number of hydrogen-bond donors (Lipinski definition) is 8. The van der Waals surface area contributed by atoms with E-state index in [2.05, 4.69) is 20.9 Å². The highest BCUT2D eigenvalue weighted by Gasteiger charge is 2.33. The van der Waals surface area contributed by atoms with Crippen LogP contribution in [0.1, 0.15) is 47.0 Å². The molecule has 0 bridgehead atoms. The van der Waals surface area contributed by atoms with Gasteiger partial charge in [-0.25, -0.2) is 4.79 Å². The molecule has 0 saturated carbocycles. The number of carboxylic acid groups (broad SMARTS) is 2. The van der Waals surface area contributed by atoms with Crippen LogP contribution in [0.5, 0.6) is 0 Å². The minimum absolute atomic E-state index is 0.0732. The van der Waals surface area contributed by atoms with Gasteiger partial charge in [0.2, 0.25) is 17.7 Å². The minimum Gasteiger partial charge on any atom is -0.481 e. The van der Waals surface area contributed by atoms with Crippen LogP contribution in [0, 0.1) is 11.8 Å². The van der Waals surface area contributed by atoms with Gasteiger partial charge >= 0.3 is 11.9 Å². The first kappa shape index (κ1) is 30.6. The predicted octanol–water partition coefficient (Wildman–Crippen LogP) is -2.31. The molecule has 0 aromatic heterocycles. The summed E-state index contributed by atoms with van der Waals surface area (Å²) >= 11 is 0. The number of amides is 3. The summed E-state index contributed by atoms with van der Waals surface area (Å²) in [4.78, 5) is 63.9. The summed E-state index contributed by atoms with van der Waals surface area (Å²) in [6.45, 7) is 6.90. The Morgan fingerprint density at radius 2 is 1.29 bits per heavy atom. The van der Waals surface area contributed by atoms with Gasteiger partial charge in [-0.1, -0.05) is 27.7 Å². The van der Waals surface area contributed by atoms with Crippen LogP contribution in [0.3, 0.4) is 0 Å². The number of rotatable bonds is 15. The monoisotopic (exact) mass is 487 g/mol. The smallest absolute Gasteiger partial charge is 0.326 e. The zero-order valence-corrected chi connectivity index (χ0v) is 19.9. The Morgan fingerprint density at radius 3 is 1.71 bits per heavy atom. The first-order valence-corrected chi connectivity index (χ1v) is 10.8. The van der Waals surface area contributed by atoms with Gasteiger partial charge in [0.15, 0.2) is 5.96 Å². The number of aliphatic imine (C=N–C) groups is 1. The van der Waals surface area contributed by atoms with E-state index in [4.69, 9.17) is 27.4 Å². The van der Waals surface area contributed by atoms with E-state index < -0.39 is 66.2 Å². The molecule has 0 heterocycles. The fraction of sp³-hybridized carbons (Fsp3) is 0.700. The van der Waals surface area contributed by atoms with Gasteiger partial charge in [-0.2, -0.15) is 0 Å². The largest absolute Gasteiger partial charge is 0.481 e. The van der Waals surface area contributed by atoms with Crippen molar-refractivity contribution in [1.82, 2.24) is 16.0 Å². The average molecular weight is 488 g/mol. The summed E-state index contributed by atoms with van der Waals surface area (Å²) in [6.07, 6.45) is -0.112. The normalized spacial score (nSPS) is 14.4. The molecule has 14 nitrogen and oxygen atoms in total. The number of nitrogens with two attached hydrogens (primary N) is 3. The molecule has 0 aliphatic heterocycles. The molecule has 14 heteroatoms. The van der Waals surface area contributed by atoms with Crippen molar-refractivity contribution in [3.05, 3.63) is 0 Å². The number of aliphatic carboxylic acids is 2. The molecule has 0 fully saturated rings. The second kappa shape index (κ2) is 14.7. The molecule has 0 rings (SSSR count). The van der Waals surface area contributed by atoms with Gasteiger partial charge in [-0.3, -0.25) is 24.2 Å². The van der Waals surface area contributed by atoms with Crippen molar-refractivity contribution < 1.29 is 34.2 Å². The lowest BCUT2D eigenvalue weighted by Crippen LogP contribution is -2.59. The standard InChI is InChI=1S/C20H37N7O7/c1-9(2)14(17(31)25-12(19(33)34)8-13(28)29)27-18(32)15(10(3)4)26-16(30)11(21)6-5-7-24-20(22)23/h9-12,14-15H,5-8,21H2,1-4H3,(H,25,31)(H,26,30)(H,27,32)(H,28,29)(H,33,34)(H4,22,23,24). The second-order valence-electron chi connectivity index (χ2n) is 8.51. The zero-order valence-electron chi connectivity index (χ0n) is 19.9. The van der Waals surface area contributed by atoms with Crippen LogP contribution in [-0.4, -0.2) is 76.5 Å². The van der Waals surface area contributed by atoms with Crippen molar-refractivity contribution in [2.24, 2.45) is 34.0 Å². The SMILES string of the molecule is CC(C)C(NC(=O)C(N)CCCN=C(N)N)C(=O)NC(C(=O)NC(CC(=O)O)C(=O)O)C(C)C. The van der Waals surface area contributed by atoms with Gasteiger partial charge in [0.25, 0.3) is 0 Å². The summed E-state index contributed by atoms with van der Waals surface area (Å²) in [5.41, 5.74) is 16.4. The molecule has 0 aromatic rings. The summed E-state index contributed by atoms with van der Waals surface area (Å²) in [5, 5.41) is 25.2. The molecular weight excluding hydrogens is 450 g/mol. The van der Waals surface area contributed by atoms with Crippen molar-refractivity contribution in [1.29, 1.82) is 0 Å². The van der Waals surface area contributed by atoms with E-state index in [-0.39, 0.29) is 18.3 Å². The molecule has 4 atom stereocenters. The second-order valence-corrected chi connectivity index (χ2v) is 8.51. The molecule has 34 heavy (non-hydrogen) atoms. The average Bonchev–Trinajstić information content (AvgIpc) is 2.70. The number of guanidine groups is 1. The van der Waals surface area contributed by atoms with E-state index >= 15 is 0 Å². The van der Waals surface area contributed by atoms with E-state index in [1.807, 2.05) is 0 Å². The first-order chi connectivity index (χ1) is 15.7. The molecule has 194 valence electrons. The van der Waals surface area contributed by atoms with E-state index in [9.17, 15) is 24.0 Å².